The van der Waals surface area contributed by atoms with Crippen LogP contribution in [0.1, 0.15) is 5.56 Å². The van der Waals surface area contributed by atoms with Crippen molar-refractivity contribution < 1.29 is 8.42 Å². The molecule has 0 aliphatic carbocycles. The zero-order chi connectivity index (χ0) is 14.0. The van der Waals surface area contributed by atoms with E-state index in [1.54, 1.807) is 24.3 Å². The van der Waals surface area contributed by atoms with Gasteiger partial charge in [-0.25, -0.2) is 8.42 Å². The first-order valence-corrected chi connectivity index (χ1v) is 7.39. The van der Waals surface area contributed by atoms with E-state index in [0.717, 1.165) is 5.56 Å². The number of aryl methyl sites for hydroxylation is 1. The summed E-state index contributed by atoms with van der Waals surface area (Å²) >= 11 is 5.79. The molecule has 0 fully saturated rings. The van der Waals surface area contributed by atoms with Gasteiger partial charge in [0.15, 0.2) is 0 Å². The molecule has 0 atom stereocenters. The molecule has 4 nitrogen and oxygen atoms in total. The lowest BCUT2D eigenvalue weighted by Gasteiger charge is -2.09. The number of anilines is 2. The van der Waals surface area contributed by atoms with Crippen LogP contribution in [-0.4, -0.2) is 8.42 Å². The molecule has 6 heteroatoms. The number of hydrogen-bond acceptors (Lipinski definition) is 3. The van der Waals surface area contributed by atoms with Crippen molar-refractivity contribution in [1.82, 2.24) is 0 Å². The molecule has 0 bridgehead atoms. The maximum absolute atomic E-state index is 12.2. The third kappa shape index (κ3) is 3.19. The Labute approximate surface area is 117 Å². The van der Waals surface area contributed by atoms with Gasteiger partial charge in [-0.05, 0) is 42.8 Å². The topological polar surface area (TPSA) is 72.2 Å². The predicted octanol–water partition coefficient (Wildman–Crippen LogP) is 3.03. The van der Waals surface area contributed by atoms with Gasteiger partial charge in [0, 0.05) is 0 Å². The maximum Gasteiger partial charge on any atom is 0.261 e. The molecule has 0 saturated heterocycles. The van der Waals surface area contributed by atoms with Crippen LogP contribution in [0.3, 0.4) is 0 Å². The molecule has 0 aromatic heterocycles. The second-order valence-corrected chi connectivity index (χ2v) is 6.25. The smallest absolute Gasteiger partial charge is 0.261 e. The van der Waals surface area contributed by atoms with Crippen LogP contribution in [0.25, 0.3) is 0 Å². The number of rotatable bonds is 3. The molecule has 2 rings (SSSR count). The van der Waals surface area contributed by atoms with Gasteiger partial charge in [-0.15, -0.1) is 0 Å². The Kier molecular flexibility index (Phi) is 3.68. The number of halogens is 1. The molecule has 0 unspecified atom stereocenters. The SMILES string of the molecule is Cc1cccc(S(=O)(=O)Nc2ccc(Cl)c(N)c2)c1. The first-order chi connectivity index (χ1) is 8.88. The average Bonchev–Trinajstić information content (AvgIpc) is 2.33. The van der Waals surface area contributed by atoms with Crippen molar-refractivity contribution >= 4 is 33.0 Å². The number of nitrogens with one attached hydrogen (secondary N) is 1. The van der Waals surface area contributed by atoms with E-state index >= 15 is 0 Å². The van der Waals surface area contributed by atoms with Crippen molar-refractivity contribution in [2.75, 3.05) is 10.5 Å². The Morgan fingerprint density at radius 2 is 1.89 bits per heavy atom. The van der Waals surface area contributed by atoms with Crippen LogP contribution >= 0.6 is 11.6 Å². The van der Waals surface area contributed by atoms with Crippen LogP contribution in [0.4, 0.5) is 11.4 Å². The minimum Gasteiger partial charge on any atom is -0.397 e. The first-order valence-electron chi connectivity index (χ1n) is 5.53. The van der Waals surface area contributed by atoms with Crippen molar-refractivity contribution in [2.24, 2.45) is 0 Å². The molecular weight excluding hydrogens is 284 g/mol. The molecule has 0 spiro atoms. The minimum atomic E-state index is -3.61. The molecule has 0 saturated carbocycles. The molecule has 0 amide bonds. The molecule has 2 aromatic rings. The van der Waals surface area contributed by atoms with Gasteiger partial charge >= 0.3 is 0 Å². The van der Waals surface area contributed by atoms with Crippen molar-refractivity contribution in [3.63, 3.8) is 0 Å². The summed E-state index contributed by atoms with van der Waals surface area (Å²) in [5, 5.41) is 0.388. The summed E-state index contributed by atoms with van der Waals surface area (Å²) in [6, 6.07) is 11.3. The molecule has 19 heavy (non-hydrogen) atoms. The second kappa shape index (κ2) is 5.11. The molecule has 0 heterocycles. The molecule has 2 aromatic carbocycles. The normalized spacial score (nSPS) is 11.3. The van der Waals surface area contributed by atoms with Crippen LogP contribution < -0.4 is 10.5 Å². The average molecular weight is 297 g/mol. The minimum absolute atomic E-state index is 0.209. The Hall–Kier alpha value is -1.72. The fraction of sp³-hybridized carbons (Fsp3) is 0.0769. The van der Waals surface area contributed by atoms with Gasteiger partial charge in [0.25, 0.3) is 10.0 Å². The monoisotopic (exact) mass is 296 g/mol. The number of nitrogen functional groups attached to an aromatic ring is 1. The summed E-state index contributed by atoms with van der Waals surface area (Å²) in [5.74, 6) is 0. The highest BCUT2D eigenvalue weighted by Gasteiger charge is 2.14. The lowest BCUT2D eigenvalue weighted by molar-refractivity contribution is 0.601. The fourth-order valence-electron chi connectivity index (χ4n) is 1.60. The van der Waals surface area contributed by atoms with Gasteiger partial charge in [0.1, 0.15) is 0 Å². The van der Waals surface area contributed by atoms with Crippen LogP contribution in [0, 0.1) is 6.92 Å². The van der Waals surface area contributed by atoms with Gasteiger partial charge in [-0.2, -0.15) is 0 Å². The zero-order valence-electron chi connectivity index (χ0n) is 10.2. The number of hydrogen-bond donors (Lipinski definition) is 2. The number of benzene rings is 2. The highest BCUT2D eigenvalue weighted by molar-refractivity contribution is 7.92. The van der Waals surface area contributed by atoms with Crippen molar-refractivity contribution in [3.8, 4) is 0 Å². The van der Waals surface area contributed by atoms with E-state index in [-0.39, 0.29) is 4.90 Å². The van der Waals surface area contributed by atoms with E-state index in [4.69, 9.17) is 17.3 Å². The highest BCUT2D eigenvalue weighted by Crippen LogP contribution is 2.24. The van der Waals surface area contributed by atoms with E-state index in [0.29, 0.717) is 16.4 Å². The van der Waals surface area contributed by atoms with Crippen molar-refractivity contribution in [3.05, 3.63) is 53.1 Å². The Morgan fingerprint density at radius 1 is 1.16 bits per heavy atom. The van der Waals surface area contributed by atoms with Crippen molar-refractivity contribution in [2.45, 2.75) is 11.8 Å². The summed E-state index contributed by atoms with van der Waals surface area (Å²) < 4.78 is 26.8. The fourth-order valence-corrected chi connectivity index (χ4v) is 2.88. The van der Waals surface area contributed by atoms with E-state index in [1.165, 1.54) is 12.1 Å². The summed E-state index contributed by atoms with van der Waals surface area (Å²) in [7, 11) is -3.61. The molecular formula is C13H13ClN2O2S. The third-order valence-corrected chi connectivity index (χ3v) is 4.27. The molecule has 0 aliphatic rings. The summed E-state index contributed by atoms with van der Waals surface area (Å²) in [6.45, 7) is 1.83. The quantitative estimate of drug-likeness (QED) is 0.855. The highest BCUT2D eigenvalue weighted by atomic mass is 35.5. The standard InChI is InChI=1S/C13H13ClN2O2S/c1-9-3-2-4-11(7-9)19(17,18)16-10-5-6-12(14)13(15)8-10/h2-8,16H,15H2,1H3. The predicted molar refractivity (Wildman–Crippen MR) is 77.9 cm³/mol. The first kappa shape index (κ1) is 13.7. The molecule has 0 aliphatic heterocycles. The van der Waals surface area contributed by atoms with Crippen LogP contribution in [-0.2, 0) is 10.0 Å². The number of nitrogens with two attached hydrogens (primary N) is 1. The lowest BCUT2D eigenvalue weighted by Crippen LogP contribution is -2.13. The van der Waals surface area contributed by atoms with Gasteiger partial charge in [-0.1, -0.05) is 23.7 Å². The largest absolute Gasteiger partial charge is 0.397 e. The Morgan fingerprint density at radius 3 is 2.53 bits per heavy atom. The molecule has 100 valence electrons. The summed E-state index contributed by atoms with van der Waals surface area (Å²) in [4.78, 5) is 0.209. The van der Waals surface area contributed by atoms with Crippen LogP contribution in [0.15, 0.2) is 47.4 Å². The van der Waals surface area contributed by atoms with Gasteiger partial charge in [-0.3, -0.25) is 4.72 Å². The third-order valence-electron chi connectivity index (χ3n) is 2.55. The Balaban J connectivity index is 2.33. The van der Waals surface area contributed by atoms with Gasteiger partial charge in [0.2, 0.25) is 0 Å². The maximum atomic E-state index is 12.2. The van der Waals surface area contributed by atoms with E-state index in [2.05, 4.69) is 4.72 Å². The summed E-state index contributed by atoms with van der Waals surface area (Å²) in [5.41, 5.74) is 7.21. The van der Waals surface area contributed by atoms with Crippen LogP contribution in [0.2, 0.25) is 5.02 Å². The second-order valence-electron chi connectivity index (χ2n) is 4.16. The summed E-state index contributed by atoms with van der Waals surface area (Å²) in [6.07, 6.45) is 0. The molecule has 0 radical (unpaired) electrons. The Bertz CT molecular complexity index is 714. The zero-order valence-corrected chi connectivity index (χ0v) is 11.8. The number of sulfonamides is 1. The van der Waals surface area contributed by atoms with E-state index < -0.39 is 10.0 Å². The van der Waals surface area contributed by atoms with Gasteiger partial charge in [0.05, 0.1) is 21.3 Å². The van der Waals surface area contributed by atoms with E-state index in [9.17, 15) is 8.42 Å². The van der Waals surface area contributed by atoms with Gasteiger partial charge < -0.3 is 5.73 Å². The molecule has 3 N–H and O–H groups in total. The van der Waals surface area contributed by atoms with E-state index in [1.807, 2.05) is 13.0 Å². The lowest BCUT2D eigenvalue weighted by atomic mass is 10.2. The van der Waals surface area contributed by atoms with Crippen LogP contribution in [0.5, 0.6) is 0 Å². The van der Waals surface area contributed by atoms with Crippen molar-refractivity contribution in [1.29, 1.82) is 0 Å².